The van der Waals surface area contributed by atoms with Crippen molar-refractivity contribution < 1.29 is 14.3 Å². The third-order valence-electron chi connectivity index (χ3n) is 2.80. The van der Waals surface area contributed by atoms with E-state index in [9.17, 15) is 9.59 Å². The highest BCUT2D eigenvalue weighted by Gasteiger charge is 2.21. The number of aromatic nitrogens is 2. The van der Waals surface area contributed by atoms with E-state index in [-0.39, 0.29) is 11.6 Å². The first-order chi connectivity index (χ1) is 9.51. The monoisotopic (exact) mass is 283 g/mol. The second kappa shape index (κ2) is 7.49. The van der Waals surface area contributed by atoms with Crippen molar-refractivity contribution in [3.05, 3.63) is 11.4 Å². The molecule has 1 unspecified atom stereocenters. The molecule has 1 atom stereocenters. The van der Waals surface area contributed by atoms with Crippen molar-refractivity contribution >= 4 is 17.5 Å². The molecule has 0 fully saturated rings. The van der Waals surface area contributed by atoms with E-state index in [1.54, 1.807) is 14.0 Å². The van der Waals surface area contributed by atoms with E-state index in [2.05, 4.69) is 20.8 Å². The van der Waals surface area contributed by atoms with Gasteiger partial charge in [-0.25, -0.2) is 0 Å². The Morgan fingerprint density at radius 2 is 2.20 bits per heavy atom. The lowest BCUT2D eigenvalue weighted by molar-refractivity contribution is -0.122. The Balaban J connectivity index is 2.56. The number of carbonyl (C=O) groups excluding carboxylic acids is 2. The van der Waals surface area contributed by atoms with Gasteiger partial charge in [-0.2, -0.15) is 5.10 Å². The van der Waals surface area contributed by atoms with Crippen molar-refractivity contribution in [2.75, 3.05) is 26.0 Å². The van der Waals surface area contributed by atoms with Crippen molar-refractivity contribution in [2.24, 2.45) is 0 Å². The minimum atomic E-state index is -0.680. The number of aromatic amines is 1. The van der Waals surface area contributed by atoms with Crippen LogP contribution in [0.2, 0.25) is 0 Å². The number of nitrogens with zero attached hydrogens (tertiary/aromatic N) is 1. The first kappa shape index (κ1) is 16.0. The molecule has 8 nitrogen and oxygen atoms in total. The standard InChI is InChI=1S/C12H21N5O3/c1-4-8-9(13)10(17-16-8)12(19)15-7(2)11(18)14-5-6-20-3/h7H,4-6,13H2,1-3H3,(H,14,18)(H,15,19)(H,16,17). The lowest BCUT2D eigenvalue weighted by atomic mass is 10.2. The summed E-state index contributed by atoms with van der Waals surface area (Å²) in [5.41, 5.74) is 6.92. The highest BCUT2D eigenvalue weighted by Crippen LogP contribution is 2.14. The predicted octanol–water partition coefficient (Wildman–Crippen LogP) is -0.565. The van der Waals surface area contributed by atoms with Crippen LogP contribution in [0.1, 0.15) is 30.0 Å². The first-order valence-electron chi connectivity index (χ1n) is 6.41. The van der Waals surface area contributed by atoms with Gasteiger partial charge in [0, 0.05) is 13.7 Å². The number of rotatable bonds is 7. The normalized spacial score (nSPS) is 11.9. The van der Waals surface area contributed by atoms with Gasteiger partial charge in [0.15, 0.2) is 5.69 Å². The van der Waals surface area contributed by atoms with Crippen LogP contribution in [0.15, 0.2) is 0 Å². The zero-order valence-electron chi connectivity index (χ0n) is 11.9. The number of methoxy groups -OCH3 is 1. The van der Waals surface area contributed by atoms with E-state index in [0.717, 1.165) is 0 Å². The van der Waals surface area contributed by atoms with Gasteiger partial charge in [-0.05, 0) is 13.3 Å². The number of carbonyl (C=O) groups is 2. The van der Waals surface area contributed by atoms with Gasteiger partial charge in [0.25, 0.3) is 5.91 Å². The van der Waals surface area contributed by atoms with Gasteiger partial charge in [-0.3, -0.25) is 14.7 Å². The number of nitrogens with two attached hydrogens (primary N) is 1. The van der Waals surface area contributed by atoms with Gasteiger partial charge in [0.2, 0.25) is 5.91 Å². The Bertz CT molecular complexity index is 472. The van der Waals surface area contributed by atoms with E-state index in [1.807, 2.05) is 6.92 Å². The van der Waals surface area contributed by atoms with E-state index in [1.165, 1.54) is 0 Å². The highest BCUT2D eigenvalue weighted by atomic mass is 16.5. The summed E-state index contributed by atoms with van der Waals surface area (Å²) in [5, 5.41) is 11.7. The van der Waals surface area contributed by atoms with Crippen LogP contribution in [0, 0.1) is 0 Å². The van der Waals surface area contributed by atoms with Crippen molar-refractivity contribution in [1.29, 1.82) is 0 Å². The lowest BCUT2D eigenvalue weighted by Gasteiger charge is -2.13. The van der Waals surface area contributed by atoms with Crippen molar-refractivity contribution in [3.63, 3.8) is 0 Å². The van der Waals surface area contributed by atoms with Crippen LogP contribution >= 0.6 is 0 Å². The number of H-pyrrole nitrogens is 1. The number of hydrogen-bond donors (Lipinski definition) is 4. The van der Waals surface area contributed by atoms with Gasteiger partial charge in [-0.1, -0.05) is 6.92 Å². The van der Waals surface area contributed by atoms with Gasteiger partial charge in [0.05, 0.1) is 18.0 Å². The SMILES string of the molecule is CCc1[nH]nc(C(=O)NC(C)C(=O)NCCOC)c1N. The fourth-order valence-corrected chi connectivity index (χ4v) is 1.59. The number of ether oxygens (including phenoxy) is 1. The second-order valence-corrected chi connectivity index (χ2v) is 4.30. The molecular formula is C12H21N5O3. The molecule has 0 saturated heterocycles. The van der Waals surface area contributed by atoms with Crippen LogP contribution in [-0.4, -0.2) is 48.3 Å². The zero-order valence-corrected chi connectivity index (χ0v) is 11.9. The van der Waals surface area contributed by atoms with E-state index in [0.29, 0.717) is 31.0 Å². The summed E-state index contributed by atoms with van der Waals surface area (Å²) in [4.78, 5) is 23.7. The van der Waals surface area contributed by atoms with E-state index in [4.69, 9.17) is 10.5 Å². The molecule has 1 rings (SSSR count). The molecule has 2 amide bonds. The minimum Gasteiger partial charge on any atom is -0.395 e. The second-order valence-electron chi connectivity index (χ2n) is 4.30. The Morgan fingerprint density at radius 1 is 1.50 bits per heavy atom. The molecule has 0 aliphatic carbocycles. The number of hydrogen-bond acceptors (Lipinski definition) is 5. The summed E-state index contributed by atoms with van der Waals surface area (Å²) in [6, 6.07) is -0.680. The summed E-state index contributed by atoms with van der Waals surface area (Å²) in [6.07, 6.45) is 0.652. The molecule has 0 aromatic carbocycles. The Hall–Kier alpha value is -2.09. The third kappa shape index (κ3) is 3.95. The molecule has 0 spiro atoms. The van der Waals surface area contributed by atoms with Crippen LogP contribution < -0.4 is 16.4 Å². The van der Waals surface area contributed by atoms with Crippen molar-refractivity contribution in [3.8, 4) is 0 Å². The third-order valence-corrected chi connectivity index (χ3v) is 2.80. The first-order valence-corrected chi connectivity index (χ1v) is 6.41. The predicted molar refractivity (Wildman–Crippen MR) is 74.2 cm³/mol. The maximum Gasteiger partial charge on any atom is 0.274 e. The van der Waals surface area contributed by atoms with Crippen LogP contribution in [0.3, 0.4) is 0 Å². The molecule has 0 aliphatic rings. The number of anilines is 1. The number of amides is 2. The molecule has 112 valence electrons. The Labute approximate surface area is 117 Å². The minimum absolute atomic E-state index is 0.110. The quantitative estimate of drug-likeness (QED) is 0.499. The average Bonchev–Trinajstić information content (AvgIpc) is 2.79. The smallest absolute Gasteiger partial charge is 0.274 e. The molecule has 20 heavy (non-hydrogen) atoms. The van der Waals surface area contributed by atoms with Crippen LogP contribution in [0.25, 0.3) is 0 Å². The van der Waals surface area contributed by atoms with Gasteiger partial charge < -0.3 is 21.1 Å². The van der Waals surface area contributed by atoms with Gasteiger partial charge >= 0.3 is 0 Å². The molecule has 8 heteroatoms. The fourth-order valence-electron chi connectivity index (χ4n) is 1.59. The van der Waals surface area contributed by atoms with Crippen LogP contribution in [0.4, 0.5) is 5.69 Å². The Morgan fingerprint density at radius 3 is 2.75 bits per heavy atom. The molecule has 5 N–H and O–H groups in total. The molecule has 0 bridgehead atoms. The molecule has 0 radical (unpaired) electrons. The maximum absolute atomic E-state index is 12.0. The lowest BCUT2D eigenvalue weighted by Crippen LogP contribution is -2.45. The molecule has 0 saturated carbocycles. The highest BCUT2D eigenvalue weighted by molar-refractivity contribution is 6.00. The van der Waals surface area contributed by atoms with Crippen molar-refractivity contribution in [1.82, 2.24) is 20.8 Å². The van der Waals surface area contributed by atoms with Gasteiger partial charge in [-0.15, -0.1) is 0 Å². The zero-order chi connectivity index (χ0) is 15.1. The number of nitrogen functional groups attached to an aromatic ring is 1. The van der Waals surface area contributed by atoms with Gasteiger partial charge in [0.1, 0.15) is 6.04 Å². The average molecular weight is 283 g/mol. The van der Waals surface area contributed by atoms with E-state index >= 15 is 0 Å². The molecule has 0 aliphatic heterocycles. The Kier molecular flexibility index (Phi) is 5.98. The summed E-state index contributed by atoms with van der Waals surface area (Å²) in [6.45, 7) is 4.29. The number of nitrogens with one attached hydrogen (secondary N) is 3. The topological polar surface area (TPSA) is 122 Å². The molecular weight excluding hydrogens is 262 g/mol. The number of aryl methyl sites for hydroxylation is 1. The van der Waals surface area contributed by atoms with Crippen molar-refractivity contribution in [2.45, 2.75) is 26.3 Å². The molecule has 1 aromatic heterocycles. The van der Waals surface area contributed by atoms with E-state index < -0.39 is 11.9 Å². The molecule has 1 heterocycles. The summed E-state index contributed by atoms with van der Waals surface area (Å²) < 4.78 is 4.82. The largest absolute Gasteiger partial charge is 0.395 e. The summed E-state index contributed by atoms with van der Waals surface area (Å²) in [5.74, 6) is -0.770. The summed E-state index contributed by atoms with van der Waals surface area (Å²) in [7, 11) is 1.54. The maximum atomic E-state index is 12.0. The fraction of sp³-hybridized carbons (Fsp3) is 0.583. The van der Waals surface area contributed by atoms with Crippen LogP contribution in [-0.2, 0) is 16.0 Å². The summed E-state index contributed by atoms with van der Waals surface area (Å²) >= 11 is 0. The van der Waals surface area contributed by atoms with Crippen LogP contribution in [0.5, 0.6) is 0 Å². The molecule has 1 aromatic rings.